The van der Waals surface area contributed by atoms with E-state index in [-0.39, 0.29) is 12.5 Å². The second-order valence-electron chi connectivity index (χ2n) is 5.53. The van der Waals surface area contributed by atoms with Crippen molar-refractivity contribution in [3.63, 3.8) is 0 Å². The number of hydrogen-bond acceptors (Lipinski definition) is 4. The Kier molecular flexibility index (Phi) is 5.21. The lowest BCUT2D eigenvalue weighted by Gasteiger charge is -2.19. The zero-order valence-electron chi connectivity index (χ0n) is 14.2. The van der Waals surface area contributed by atoms with Gasteiger partial charge in [0.2, 0.25) is 5.88 Å². The van der Waals surface area contributed by atoms with Gasteiger partial charge in [0.1, 0.15) is 5.75 Å². The number of rotatable bonds is 5. The van der Waals surface area contributed by atoms with Crippen LogP contribution in [0.15, 0.2) is 30.5 Å². The number of nitrogens with zero attached hydrogens (tertiary/aromatic N) is 2. The number of benzene rings is 1. The first-order valence-corrected chi connectivity index (χ1v) is 7.39. The fraction of sp³-hybridized carbons (Fsp3) is 0.333. The fourth-order valence-electron chi connectivity index (χ4n) is 2.46. The third-order valence-electron chi connectivity index (χ3n) is 3.64. The number of carbonyl (C=O) groups excluding carboxylic acids is 1. The summed E-state index contributed by atoms with van der Waals surface area (Å²) in [6.45, 7) is 5.99. The molecule has 2 aromatic rings. The number of carbonyl (C=O) groups is 1. The van der Waals surface area contributed by atoms with E-state index in [0.29, 0.717) is 11.6 Å². The lowest BCUT2D eigenvalue weighted by Crippen LogP contribution is -2.31. The number of hydrogen-bond donors (Lipinski definition) is 0. The maximum atomic E-state index is 12.3. The highest BCUT2D eigenvalue weighted by atomic mass is 16.5. The van der Waals surface area contributed by atoms with Gasteiger partial charge >= 0.3 is 0 Å². The molecule has 0 bridgehead atoms. The number of aromatic nitrogens is 1. The van der Waals surface area contributed by atoms with Gasteiger partial charge in [0.15, 0.2) is 6.61 Å². The molecule has 5 nitrogen and oxygen atoms in total. The SMILES string of the molecule is COc1ccc(N(C)C(=O)COc2c(C)cc(C)cc2C)cn1. The highest BCUT2D eigenvalue weighted by molar-refractivity contribution is 5.93. The first-order valence-electron chi connectivity index (χ1n) is 7.39. The number of methoxy groups -OCH3 is 1. The lowest BCUT2D eigenvalue weighted by molar-refractivity contribution is -0.120. The van der Waals surface area contributed by atoms with Gasteiger partial charge in [0.25, 0.3) is 5.91 Å². The van der Waals surface area contributed by atoms with Crippen LogP contribution in [0.3, 0.4) is 0 Å². The smallest absolute Gasteiger partial charge is 0.264 e. The Morgan fingerprint density at radius 3 is 2.35 bits per heavy atom. The largest absolute Gasteiger partial charge is 0.483 e. The molecular formula is C18H22N2O3. The second-order valence-corrected chi connectivity index (χ2v) is 5.53. The summed E-state index contributed by atoms with van der Waals surface area (Å²) in [6.07, 6.45) is 1.60. The summed E-state index contributed by atoms with van der Waals surface area (Å²) < 4.78 is 10.7. The summed E-state index contributed by atoms with van der Waals surface area (Å²) in [6, 6.07) is 7.59. The molecular weight excluding hydrogens is 292 g/mol. The van der Waals surface area contributed by atoms with Crippen LogP contribution in [-0.2, 0) is 4.79 Å². The van der Waals surface area contributed by atoms with E-state index in [4.69, 9.17) is 9.47 Å². The molecule has 0 atom stereocenters. The minimum Gasteiger partial charge on any atom is -0.483 e. The quantitative estimate of drug-likeness (QED) is 0.851. The third kappa shape index (κ3) is 4.00. The van der Waals surface area contributed by atoms with Gasteiger partial charge in [0, 0.05) is 13.1 Å². The average Bonchev–Trinajstić information content (AvgIpc) is 2.53. The predicted molar refractivity (Wildman–Crippen MR) is 90.3 cm³/mol. The molecule has 1 amide bonds. The Morgan fingerprint density at radius 1 is 1.17 bits per heavy atom. The number of aryl methyl sites for hydroxylation is 3. The van der Waals surface area contributed by atoms with Gasteiger partial charge in [-0.2, -0.15) is 0 Å². The van der Waals surface area contributed by atoms with Gasteiger partial charge in [-0.15, -0.1) is 0 Å². The standard InChI is InChI=1S/C18H22N2O3/c1-12-8-13(2)18(14(3)9-12)23-11-17(21)20(4)15-6-7-16(22-5)19-10-15/h6-10H,11H2,1-5H3. The minimum atomic E-state index is -0.142. The summed E-state index contributed by atoms with van der Waals surface area (Å²) >= 11 is 0. The summed E-state index contributed by atoms with van der Waals surface area (Å²) in [5.41, 5.74) is 3.94. The second kappa shape index (κ2) is 7.13. The molecule has 0 aliphatic rings. The molecule has 0 saturated heterocycles. The van der Waals surface area contributed by atoms with Crippen molar-refractivity contribution in [3.8, 4) is 11.6 Å². The molecule has 0 N–H and O–H groups in total. The zero-order chi connectivity index (χ0) is 17.0. The van der Waals surface area contributed by atoms with Crippen LogP contribution in [0.25, 0.3) is 0 Å². The van der Waals surface area contributed by atoms with Gasteiger partial charge < -0.3 is 14.4 Å². The Morgan fingerprint density at radius 2 is 1.83 bits per heavy atom. The van der Waals surface area contributed by atoms with E-state index in [0.717, 1.165) is 16.9 Å². The third-order valence-corrected chi connectivity index (χ3v) is 3.64. The van der Waals surface area contributed by atoms with Crippen LogP contribution in [0.4, 0.5) is 5.69 Å². The van der Waals surface area contributed by atoms with Crippen molar-refractivity contribution < 1.29 is 14.3 Å². The first kappa shape index (κ1) is 16.8. The van der Waals surface area contributed by atoms with Crippen molar-refractivity contribution >= 4 is 11.6 Å². The van der Waals surface area contributed by atoms with Crippen LogP contribution in [0, 0.1) is 20.8 Å². The van der Waals surface area contributed by atoms with E-state index >= 15 is 0 Å². The molecule has 5 heteroatoms. The topological polar surface area (TPSA) is 51.7 Å². The molecule has 23 heavy (non-hydrogen) atoms. The van der Waals surface area contributed by atoms with Gasteiger partial charge in [0.05, 0.1) is 19.0 Å². The molecule has 0 spiro atoms. The monoisotopic (exact) mass is 314 g/mol. The zero-order valence-corrected chi connectivity index (χ0v) is 14.2. The van der Waals surface area contributed by atoms with Crippen LogP contribution < -0.4 is 14.4 Å². The van der Waals surface area contributed by atoms with E-state index in [1.807, 2.05) is 32.9 Å². The summed E-state index contributed by atoms with van der Waals surface area (Å²) in [5, 5.41) is 0. The lowest BCUT2D eigenvalue weighted by atomic mass is 10.1. The molecule has 0 unspecified atom stereocenters. The predicted octanol–water partition coefficient (Wildman–Crippen LogP) is 3.06. The molecule has 0 saturated carbocycles. The molecule has 1 heterocycles. The number of ether oxygens (including phenoxy) is 2. The Labute approximate surface area is 136 Å². The first-order chi connectivity index (χ1) is 10.9. The molecule has 1 aromatic heterocycles. The summed E-state index contributed by atoms with van der Waals surface area (Å²) in [7, 11) is 3.25. The molecule has 0 aliphatic carbocycles. The molecule has 1 aromatic carbocycles. The fourth-order valence-corrected chi connectivity index (χ4v) is 2.46. The van der Waals surface area contributed by atoms with Crippen molar-refractivity contribution in [2.45, 2.75) is 20.8 Å². The molecule has 0 radical (unpaired) electrons. The highest BCUT2D eigenvalue weighted by Crippen LogP contribution is 2.24. The number of likely N-dealkylation sites (N-methyl/N-ethyl adjacent to an activating group) is 1. The van der Waals surface area contributed by atoms with Crippen LogP contribution in [0.5, 0.6) is 11.6 Å². The summed E-state index contributed by atoms with van der Waals surface area (Å²) in [4.78, 5) is 17.9. The minimum absolute atomic E-state index is 0.0206. The van der Waals surface area contributed by atoms with Crippen LogP contribution in [0.1, 0.15) is 16.7 Å². The van der Waals surface area contributed by atoms with Gasteiger partial charge in [-0.3, -0.25) is 4.79 Å². The van der Waals surface area contributed by atoms with E-state index in [1.165, 1.54) is 10.5 Å². The van der Waals surface area contributed by atoms with E-state index in [9.17, 15) is 4.79 Å². The van der Waals surface area contributed by atoms with Crippen molar-refractivity contribution in [3.05, 3.63) is 47.2 Å². The van der Waals surface area contributed by atoms with Crippen molar-refractivity contribution in [1.29, 1.82) is 0 Å². The van der Waals surface area contributed by atoms with Crippen LogP contribution >= 0.6 is 0 Å². The van der Waals surface area contributed by atoms with Crippen LogP contribution in [0.2, 0.25) is 0 Å². The van der Waals surface area contributed by atoms with E-state index in [2.05, 4.69) is 4.98 Å². The molecule has 2 rings (SSSR count). The molecule has 122 valence electrons. The normalized spacial score (nSPS) is 10.3. The number of amides is 1. The number of anilines is 1. The van der Waals surface area contributed by atoms with Crippen molar-refractivity contribution in [2.75, 3.05) is 25.7 Å². The highest BCUT2D eigenvalue weighted by Gasteiger charge is 2.14. The van der Waals surface area contributed by atoms with Gasteiger partial charge in [-0.25, -0.2) is 4.98 Å². The summed E-state index contributed by atoms with van der Waals surface area (Å²) in [5.74, 6) is 1.14. The Balaban J connectivity index is 2.04. The van der Waals surface area contributed by atoms with Gasteiger partial charge in [-0.1, -0.05) is 17.7 Å². The van der Waals surface area contributed by atoms with Crippen LogP contribution in [-0.4, -0.2) is 31.7 Å². The molecule has 0 fully saturated rings. The Hall–Kier alpha value is -2.56. The van der Waals surface area contributed by atoms with E-state index < -0.39 is 0 Å². The van der Waals surface area contributed by atoms with Crippen molar-refractivity contribution in [2.24, 2.45) is 0 Å². The van der Waals surface area contributed by atoms with Gasteiger partial charge in [-0.05, 0) is 38.0 Å². The maximum Gasteiger partial charge on any atom is 0.264 e. The molecule has 0 aliphatic heterocycles. The van der Waals surface area contributed by atoms with E-state index in [1.54, 1.807) is 32.5 Å². The van der Waals surface area contributed by atoms with Crippen molar-refractivity contribution in [1.82, 2.24) is 4.98 Å². The Bertz CT molecular complexity index is 673. The average molecular weight is 314 g/mol. The maximum absolute atomic E-state index is 12.3. The number of pyridine rings is 1.